The first-order valence-corrected chi connectivity index (χ1v) is 9.48. The first-order chi connectivity index (χ1) is 13.2. The molecule has 0 atom stereocenters. The van der Waals surface area contributed by atoms with Crippen molar-refractivity contribution in [3.8, 4) is 5.69 Å². The summed E-state index contributed by atoms with van der Waals surface area (Å²) in [5.41, 5.74) is 1.59. The zero-order valence-corrected chi connectivity index (χ0v) is 15.3. The van der Waals surface area contributed by atoms with Gasteiger partial charge < -0.3 is 14.5 Å². The Balaban J connectivity index is 1.33. The van der Waals surface area contributed by atoms with E-state index in [1.54, 1.807) is 10.9 Å². The van der Waals surface area contributed by atoms with Crippen LogP contribution in [0.5, 0.6) is 0 Å². The summed E-state index contributed by atoms with van der Waals surface area (Å²) in [5.74, 6) is 0.266. The Bertz CT molecular complexity index is 774. The molecule has 3 heterocycles. The molecule has 2 aliphatic rings. The minimum absolute atomic E-state index is 0.0225. The molecule has 27 heavy (non-hydrogen) atoms. The van der Waals surface area contributed by atoms with Gasteiger partial charge in [-0.3, -0.25) is 9.59 Å². The van der Waals surface area contributed by atoms with Crippen LogP contribution in [0, 0.1) is 5.92 Å². The van der Waals surface area contributed by atoms with Crippen LogP contribution in [0.25, 0.3) is 5.69 Å². The van der Waals surface area contributed by atoms with E-state index in [4.69, 9.17) is 4.74 Å². The summed E-state index contributed by atoms with van der Waals surface area (Å²) in [6.07, 6.45) is 5.05. The van der Waals surface area contributed by atoms with Gasteiger partial charge >= 0.3 is 0 Å². The van der Waals surface area contributed by atoms with Crippen molar-refractivity contribution in [2.24, 2.45) is 5.92 Å². The molecule has 2 amide bonds. The summed E-state index contributed by atoms with van der Waals surface area (Å²) < 4.78 is 7.08. The van der Waals surface area contributed by atoms with Crippen LogP contribution in [-0.4, -0.2) is 70.8 Å². The molecule has 4 rings (SSSR count). The third-order valence-corrected chi connectivity index (χ3v) is 5.34. The fraction of sp³-hybridized carbons (Fsp3) is 0.450. The second-order valence-electron chi connectivity index (χ2n) is 7.00. The number of benzene rings is 1. The Labute approximate surface area is 158 Å². The van der Waals surface area contributed by atoms with Crippen LogP contribution in [0.2, 0.25) is 0 Å². The SMILES string of the molecule is O=C(c1ccc(-n2cccn2)cc1)N1CCC(C(=O)N2CCOCC2)CC1. The van der Waals surface area contributed by atoms with Gasteiger partial charge in [0.15, 0.2) is 0 Å². The summed E-state index contributed by atoms with van der Waals surface area (Å²) in [6, 6.07) is 9.33. The molecule has 0 aliphatic carbocycles. The van der Waals surface area contributed by atoms with Crippen molar-refractivity contribution in [3.63, 3.8) is 0 Å². The number of hydrogen-bond donors (Lipinski definition) is 0. The monoisotopic (exact) mass is 368 g/mol. The normalized spacial score (nSPS) is 18.5. The maximum atomic E-state index is 12.8. The van der Waals surface area contributed by atoms with Crippen molar-refractivity contribution in [2.75, 3.05) is 39.4 Å². The number of aromatic nitrogens is 2. The van der Waals surface area contributed by atoms with E-state index in [0.717, 1.165) is 18.5 Å². The van der Waals surface area contributed by atoms with Gasteiger partial charge in [0.05, 0.1) is 18.9 Å². The van der Waals surface area contributed by atoms with E-state index in [1.165, 1.54) is 0 Å². The Morgan fingerprint density at radius 2 is 1.67 bits per heavy atom. The smallest absolute Gasteiger partial charge is 0.253 e. The van der Waals surface area contributed by atoms with Crippen LogP contribution in [0.4, 0.5) is 0 Å². The van der Waals surface area contributed by atoms with E-state index >= 15 is 0 Å². The zero-order valence-electron chi connectivity index (χ0n) is 15.3. The molecule has 0 N–H and O–H groups in total. The van der Waals surface area contributed by atoms with Gasteiger partial charge in [0.1, 0.15) is 0 Å². The lowest BCUT2D eigenvalue weighted by molar-refractivity contribution is -0.141. The van der Waals surface area contributed by atoms with Gasteiger partial charge in [-0.25, -0.2) is 4.68 Å². The molecule has 0 saturated carbocycles. The average Bonchev–Trinajstić information content (AvgIpc) is 3.28. The lowest BCUT2D eigenvalue weighted by atomic mass is 9.94. The fourth-order valence-corrected chi connectivity index (χ4v) is 3.73. The molecule has 0 unspecified atom stereocenters. The summed E-state index contributed by atoms with van der Waals surface area (Å²) in [7, 11) is 0. The highest BCUT2D eigenvalue weighted by Gasteiger charge is 2.31. The van der Waals surface area contributed by atoms with Crippen molar-refractivity contribution in [1.29, 1.82) is 0 Å². The van der Waals surface area contributed by atoms with E-state index in [9.17, 15) is 9.59 Å². The predicted molar refractivity (Wildman–Crippen MR) is 99.6 cm³/mol. The summed E-state index contributed by atoms with van der Waals surface area (Å²) in [5, 5.41) is 4.19. The fourth-order valence-electron chi connectivity index (χ4n) is 3.73. The number of rotatable bonds is 3. The third kappa shape index (κ3) is 3.88. The van der Waals surface area contributed by atoms with Gasteiger partial charge in [-0.15, -0.1) is 0 Å². The minimum atomic E-state index is 0.0225. The highest BCUT2D eigenvalue weighted by Crippen LogP contribution is 2.22. The van der Waals surface area contributed by atoms with Gasteiger partial charge in [0.2, 0.25) is 5.91 Å². The quantitative estimate of drug-likeness (QED) is 0.825. The minimum Gasteiger partial charge on any atom is -0.378 e. The van der Waals surface area contributed by atoms with Gasteiger partial charge in [0, 0.05) is 50.1 Å². The van der Waals surface area contributed by atoms with Crippen molar-refractivity contribution in [3.05, 3.63) is 48.3 Å². The first-order valence-electron chi connectivity index (χ1n) is 9.48. The molecule has 142 valence electrons. The molecule has 0 bridgehead atoms. The number of likely N-dealkylation sites (tertiary alicyclic amines) is 1. The van der Waals surface area contributed by atoms with Crippen LogP contribution in [0.1, 0.15) is 23.2 Å². The first kappa shape index (κ1) is 17.7. The number of carbonyl (C=O) groups is 2. The summed E-state index contributed by atoms with van der Waals surface area (Å²) in [6.45, 7) is 3.86. The van der Waals surface area contributed by atoms with Gasteiger partial charge in [-0.1, -0.05) is 0 Å². The van der Waals surface area contributed by atoms with Crippen molar-refractivity contribution in [1.82, 2.24) is 19.6 Å². The van der Waals surface area contributed by atoms with Gasteiger partial charge in [0.25, 0.3) is 5.91 Å². The van der Waals surface area contributed by atoms with Crippen LogP contribution >= 0.6 is 0 Å². The lowest BCUT2D eigenvalue weighted by Gasteiger charge is -2.35. The highest BCUT2D eigenvalue weighted by atomic mass is 16.5. The Kier molecular flexibility index (Phi) is 5.20. The van der Waals surface area contributed by atoms with Crippen molar-refractivity contribution < 1.29 is 14.3 Å². The lowest BCUT2D eigenvalue weighted by Crippen LogP contribution is -2.47. The topological polar surface area (TPSA) is 67.7 Å². The molecule has 7 heteroatoms. The molecule has 2 aliphatic heterocycles. The Hall–Kier alpha value is -2.67. The maximum absolute atomic E-state index is 12.8. The van der Waals surface area contributed by atoms with Crippen molar-refractivity contribution >= 4 is 11.8 Å². The Morgan fingerprint density at radius 3 is 2.30 bits per heavy atom. The van der Waals surface area contributed by atoms with E-state index in [1.807, 2.05) is 46.3 Å². The number of piperidine rings is 1. The molecule has 1 aromatic heterocycles. The number of nitrogens with zero attached hydrogens (tertiary/aromatic N) is 4. The second kappa shape index (κ2) is 7.92. The van der Waals surface area contributed by atoms with E-state index in [0.29, 0.717) is 45.0 Å². The van der Waals surface area contributed by atoms with Crippen LogP contribution in [-0.2, 0) is 9.53 Å². The molecular weight excluding hydrogens is 344 g/mol. The number of ether oxygens (including phenoxy) is 1. The van der Waals surface area contributed by atoms with Gasteiger partial charge in [-0.05, 0) is 43.2 Å². The maximum Gasteiger partial charge on any atom is 0.253 e. The van der Waals surface area contributed by atoms with E-state index in [2.05, 4.69) is 5.10 Å². The molecule has 0 spiro atoms. The number of carbonyl (C=O) groups excluding carboxylic acids is 2. The zero-order chi connectivity index (χ0) is 18.6. The highest BCUT2D eigenvalue weighted by molar-refractivity contribution is 5.94. The predicted octanol–water partition coefficient (Wildman–Crippen LogP) is 1.58. The molecule has 2 fully saturated rings. The third-order valence-electron chi connectivity index (χ3n) is 5.34. The van der Waals surface area contributed by atoms with Crippen molar-refractivity contribution in [2.45, 2.75) is 12.8 Å². The van der Waals surface area contributed by atoms with E-state index in [-0.39, 0.29) is 17.7 Å². The summed E-state index contributed by atoms with van der Waals surface area (Å²) >= 11 is 0. The van der Waals surface area contributed by atoms with Crippen LogP contribution in [0.3, 0.4) is 0 Å². The van der Waals surface area contributed by atoms with E-state index < -0.39 is 0 Å². The van der Waals surface area contributed by atoms with Gasteiger partial charge in [-0.2, -0.15) is 5.10 Å². The largest absolute Gasteiger partial charge is 0.378 e. The second-order valence-corrected chi connectivity index (χ2v) is 7.00. The molecule has 2 saturated heterocycles. The summed E-state index contributed by atoms with van der Waals surface area (Å²) in [4.78, 5) is 29.1. The number of hydrogen-bond acceptors (Lipinski definition) is 4. The molecule has 7 nitrogen and oxygen atoms in total. The van der Waals surface area contributed by atoms with Crippen LogP contribution in [0.15, 0.2) is 42.7 Å². The Morgan fingerprint density at radius 1 is 0.963 bits per heavy atom. The molecule has 2 aromatic rings. The number of morpholine rings is 1. The average molecular weight is 368 g/mol. The number of amides is 2. The molecular formula is C20H24N4O3. The van der Waals surface area contributed by atoms with Crippen LogP contribution < -0.4 is 0 Å². The molecule has 0 radical (unpaired) electrons. The molecule has 1 aromatic carbocycles. The standard InChI is InChI=1S/C20H24N4O3/c25-19(16-2-4-18(5-3-16)24-9-1-8-21-24)22-10-6-17(7-11-22)20(26)23-12-14-27-15-13-23/h1-5,8-9,17H,6-7,10-15H2.